The molecule has 1 heterocycles. The molecule has 0 saturated carbocycles. The Morgan fingerprint density at radius 1 is 0.957 bits per heavy atom. The molecule has 1 saturated heterocycles. The normalized spacial score (nSPS) is 15.0. The molecular formula is C17H16BrN5. The van der Waals surface area contributed by atoms with Crippen molar-refractivity contribution in [2.24, 2.45) is 10.3 Å². The fourth-order valence-electron chi connectivity index (χ4n) is 2.49. The Balaban J connectivity index is 1.60. The molecule has 0 amide bonds. The van der Waals surface area contributed by atoms with Crippen LogP contribution in [0.1, 0.15) is 5.56 Å². The van der Waals surface area contributed by atoms with Crippen LogP contribution in [-0.4, -0.2) is 31.2 Å². The molecule has 0 aliphatic carbocycles. The van der Waals surface area contributed by atoms with Crippen molar-refractivity contribution in [1.29, 1.82) is 5.26 Å². The zero-order valence-corrected chi connectivity index (χ0v) is 14.1. The van der Waals surface area contributed by atoms with Gasteiger partial charge in [0.15, 0.2) is 0 Å². The van der Waals surface area contributed by atoms with Crippen LogP contribution in [0.25, 0.3) is 0 Å². The lowest BCUT2D eigenvalue weighted by Crippen LogP contribution is -2.44. The highest BCUT2D eigenvalue weighted by atomic mass is 79.9. The molecule has 0 unspecified atom stereocenters. The zero-order valence-electron chi connectivity index (χ0n) is 12.6. The van der Waals surface area contributed by atoms with E-state index in [-0.39, 0.29) is 0 Å². The second-order valence-corrected chi connectivity index (χ2v) is 6.15. The fourth-order valence-corrected chi connectivity index (χ4v) is 2.76. The number of para-hydroxylation sites is 1. The molecule has 0 N–H and O–H groups in total. The average Bonchev–Trinajstić information content (AvgIpc) is 2.62. The van der Waals surface area contributed by atoms with Gasteiger partial charge in [0.05, 0.1) is 30.0 Å². The summed E-state index contributed by atoms with van der Waals surface area (Å²) >= 11 is 3.40. The molecular weight excluding hydrogens is 354 g/mol. The van der Waals surface area contributed by atoms with Crippen molar-refractivity contribution >= 4 is 27.3 Å². The Kier molecular flexibility index (Phi) is 4.89. The Labute approximate surface area is 144 Å². The summed E-state index contributed by atoms with van der Waals surface area (Å²) in [6, 6.07) is 17.7. The van der Waals surface area contributed by atoms with Crippen LogP contribution >= 0.6 is 15.9 Å². The van der Waals surface area contributed by atoms with Crippen molar-refractivity contribution in [3.8, 4) is 6.07 Å². The van der Waals surface area contributed by atoms with Crippen LogP contribution in [0, 0.1) is 11.3 Å². The summed E-state index contributed by atoms with van der Waals surface area (Å²) in [4.78, 5) is 2.23. The van der Waals surface area contributed by atoms with Crippen molar-refractivity contribution in [3.05, 3.63) is 58.6 Å². The zero-order chi connectivity index (χ0) is 16.1. The summed E-state index contributed by atoms with van der Waals surface area (Å²) in [6.45, 7) is 3.25. The molecule has 116 valence electrons. The number of hydrogen-bond donors (Lipinski definition) is 0. The monoisotopic (exact) mass is 369 g/mol. The molecule has 0 bridgehead atoms. The second-order valence-electron chi connectivity index (χ2n) is 5.24. The van der Waals surface area contributed by atoms with E-state index in [9.17, 15) is 5.26 Å². The lowest BCUT2D eigenvalue weighted by atomic mass is 10.1. The SMILES string of the molecule is N#Cc1ccccc1N1CCN(/N=N/c2ccc(Br)cc2)CC1. The van der Waals surface area contributed by atoms with E-state index in [1.165, 1.54) is 0 Å². The maximum atomic E-state index is 9.21. The quantitative estimate of drug-likeness (QED) is 0.763. The molecule has 23 heavy (non-hydrogen) atoms. The summed E-state index contributed by atoms with van der Waals surface area (Å²) in [5.41, 5.74) is 2.56. The lowest BCUT2D eigenvalue weighted by molar-refractivity contribution is 0.254. The van der Waals surface area contributed by atoms with Crippen molar-refractivity contribution < 1.29 is 0 Å². The number of benzene rings is 2. The number of piperazine rings is 1. The van der Waals surface area contributed by atoms with Crippen molar-refractivity contribution in [3.63, 3.8) is 0 Å². The van der Waals surface area contributed by atoms with Gasteiger partial charge < -0.3 is 4.90 Å². The van der Waals surface area contributed by atoms with Gasteiger partial charge >= 0.3 is 0 Å². The van der Waals surface area contributed by atoms with Crippen LogP contribution < -0.4 is 4.90 Å². The molecule has 6 heteroatoms. The van der Waals surface area contributed by atoms with Crippen LogP contribution in [0.15, 0.2) is 63.3 Å². The van der Waals surface area contributed by atoms with Crippen molar-refractivity contribution in [2.75, 3.05) is 31.1 Å². The van der Waals surface area contributed by atoms with E-state index >= 15 is 0 Å². The van der Waals surface area contributed by atoms with Gasteiger partial charge in [-0.05, 0) is 36.4 Å². The minimum absolute atomic E-state index is 0.720. The van der Waals surface area contributed by atoms with Gasteiger partial charge in [0.1, 0.15) is 6.07 Å². The van der Waals surface area contributed by atoms with E-state index in [1.807, 2.05) is 53.5 Å². The number of hydrogen-bond acceptors (Lipinski definition) is 4. The maximum Gasteiger partial charge on any atom is 0.101 e. The lowest BCUT2D eigenvalue weighted by Gasteiger charge is -2.34. The van der Waals surface area contributed by atoms with E-state index in [1.54, 1.807) is 0 Å². The van der Waals surface area contributed by atoms with Gasteiger partial charge in [0.2, 0.25) is 0 Å². The summed E-state index contributed by atoms with van der Waals surface area (Å²) in [5, 5.41) is 19.7. The van der Waals surface area contributed by atoms with Gasteiger partial charge in [-0.1, -0.05) is 33.3 Å². The van der Waals surface area contributed by atoms with Crippen LogP contribution in [0.2, 0.25) is 0 Å². The van der Waals surface area contributed by atoms with Gasteiger partial charge in [-0.2, -0.15) is 5.26 Å². The van der Waals surface area contributed by atoms with Gasteiger partial charge in [0.25, 0.3) is 0 Å². The first-order valence-corrected chi connectivity index (χ1v) is 8.22. The summed E-state index contributed by atoms with van der Waals surface area (Å²) in [7, 11) is 0. The van der Waals surface area contributed by atoms with E-state index in [0.717, 1.165) is 47.6 Å². The Hall–Kier alpha value is -2.39. The molecule has 5 nitrogen and oxygen atoms in total. The van der Waals surface area contributed by atoms with Crippen molar-refractivity contribution in [1.82, 2.24) is 5.01 Å². The molecule has 1 aliphatic rings. The van der Waals surface area contributed by atoms with Crippen LogP contribution in [-0.2, 0) is 0 Å². The van der Waals surface area contributed by atoms with Gasteiger partial charge in [-0.3, -0.25) is 5.01 Å². The van der Waals surface area contributed by atoms with Gasteiger partial charge in [0, 0.05) is 17.6 Å². The molecule has 3 rings (SSSR count). The highest BCUT2D eigenvalue weighted by molar-refractivity contribution is 9.10. The van der Waals surface area contributed by atoms with Crippen LogP contribution in [0.5, 0.6) is 0 Å². The Morgan fingerprint density at radius 3 is 2.35 bits per heavy atom. The van der Waals surface area contributed by atoms with E-state index in [2.05, 4.69) is 37.2 Å². The summed E-state index contributed by atoms with van der Waals surface area (Å²) < 4.78 is 1.03. The first-order valence-electron chi connectivity index (χ1n) is 7.42. The number of rotatable bonds is 3. The number of nitrogens with zero attached hydrogens (tertiary/aromatic N) is 5. The Morgan fingerprint density at radius 2 is 1.65 bits per heavy atom. The molecule has 0 atom stereocenters. The summed E-state index contributed by atoms with van der Waals surface area (Å²) in [6.07, 6.45) is 0. The first kappa shape index (κ1) is 15.5. The standard InChI is InChI=1S/C17H16BrN5/c18-15-5-7-16(8-6-15)20-21-23-11-9-22(10-12-23)17-4-2-1-3-14(17)13-19/h1-8H,9-12H2/b21-20+. The molecule has 1 aliphatic heterocycles. The first-order chi connectivity index (χ1) is 11.3. The average molecular weight is 370 g/mol. The van der Waals surface area contributed by atoms with Crippen molar-refractivity contribution in [2.45, 2.75) is 0 Å². The number of nitriles is 1. The van der Waals surface area contributed by atoms with E-state index in [4.69, 9.17) is 0 Å². The maximum absolute atomic E-state index is 9.21. The molecule has 0 aromatic heterocycles. The van der Waals surface area contributed by atoms with Crippen LogP contribution in [0.3, 0.4) is 0 Å². The molecule has 2 aromatic rings. The van der Waals surface area contributed by atoms with E-state index in [0.29, 0.717) is 0 Å². The number of halogens is 1. The van der Waals surface area contributed by atoms with Gasteiger partial charge in [-0.25, -0.2) is 0 Å². The smallest absolute Gasteiger partial charge is 0.101 e. The third-order valence-corrected chi connectivity index (χ3v) is 4.26. The largest absolute Gasteiger partial charge is 0.367 e. The minimum Gasteiger partial charge on any atom is -0.367 e. The summed E-state index contributed by atoms with van der Waals surface area (Å²) in [5.74, 6) is 0. The third kappa shape index (κ3) is 3.88. The molecule has 0 radical (unpaired) electrons. The predicted octanol–water partition coefficient (Wildman–Crippen LogP) is 4.14. The molecule has 0 spiro atoms. The highest BCUT2D eigenvalue weighted by Gasteiger charge is 2.18. The minimum atomic E-state index is 0.720. The Bertz CT molecular complexity index is 727. The highest BCUT2D eigenvalue weighted by Crippen LogP contribution is 2.22. The second kappa shape index (κ2) is 7.25. The molecule has 1 fully saturated rings. The predicted molar refractivity (Wildman–Crippen MR) is 93.6 cm³/mol. The molecule has 2 aromatic carbocycles. The van der Waals surface area contributed by atoms with Gasteiger partial charge in [-0.15, -0.1) is 5.11 Å². The topological polar surface area (TPSA) is 55.0 Å². The number of anilines is 1. The fraction of sp³-hybridized carbons (Fsp3) is 0.235. The third-order valence-electron chi connectivity index (χ3n) is 3.73. The van der Waals surface area contributed by atoms with E-state index < -0.39 is 0 Å². The van der Waals surface area contributed by atoms with Crippen LogP contribution in [0.4, 0.5) is 11.4 Å².